The molecule has 1 amide bonds. The fourth-order valence-corrected chi connectivity index (χ4v) is 1.52. The first-order chi connectivity index (χ1) is 8.95. The van der Waals surface area contributed by atoms with E-state index < -0.39 is 17.9 Å². The molecule has 19 heavy (non-hydrogen) atoms. The second kappa shape index (κ2) is 6.72. The van der Waals surface area contributed by atoms with Crippen molar-refractivity contribution in [1.82, 2.24) is 15.1 Å². The topological polar surface area (TPSA) is 84.2 Å². The first-order valence-corrected chi connectivity index (χ1v) is 6.15. The second-order valence-electron chi connectivity index (χ2n) is 4.51. The molecule has 0 aromatic carbocycles. The van der Waals surface area contributed by atoms with Gasteiger partial charge >= 0.3 is 5.97 Å². The molecule has 0 aliphatic rings. The fourth-order valence-electron chi connectivity index (χ4n) is 1.52. The third-order valence-corrected chi connectivity index (χ3v) is 2.63. The minimum Gasteiger partial charge on any atom is -0.480 e. The number of aromatic nitrogens is 2. The van der Waals surface area contributed by atoms with Crippen molar-refractivity contribution in [2.45, 2.75) is 38.8 Å². The lowest BCUT2D eigenvalue weighted by Crippen LogP contribution is -2.40. The third kappa shape index (κ3) is 4.24. The van der Waals surface area contributed by atoms with Crippen molar-refractivity contribution in [3.05, 3.63) is 30.6 Å². The van der Waals surface area contributed by atoms with E-state index in [4.69, 9.17) is 5.11 Å². The number of allylic oxidation sites excluding steroid dienone is 1. The fraction of sp³-hybridized carbons (Fsp3) is 0.462. The van der Waals surface area contributed by atoms with Gasteiger partial charge in [0.25, 0.3) is 5.91 Å². The Balaban J connectivity index is 2.70. The van der Waals surface area contributed by atoms with Gasteiger partial charge < -0.3 is 10.4 Å². The van der Waals surface area contributed by atoms with Crippen molar-refractivity contribution >= 4 is 11.9 Å². The predicted octanol–water partition coefficient (Wildman–Crippen LogP) is 1.61. The first-order valence-electron chi connectivity index (χ1n) is 6.15. The summed E-state index contributed by atoms with van der Waals surface area (Å²) < 4.78 is 1.65. The van der Waals surface area contributed by atoms with Crippen LogP contribution in [0.2, 0.25) is 0 Å². The van der Waals surface area contributed by atoms with Crippen molar-refractivity contribution in [3.63, 3.8) is 0 Å². The molecule has 1 aromatic rings. The smallest absolute Gasteiger partial charge is 0.326 e. The summed E-state index contributed by atoms with van der Waals surface area (Å²) in [6, 6.07) is 0.800. The maximum Gasteiger partial charge on any atom is 0.326 e. The molecule has 0 spiro atoms. The zero-order valence-corrected chi connectivity index (χ0v) is 11.2. The number of carbonyl (C=O) groups excluding carboxylic acids is 1. The first kappa shape index (κ1) is 14.9. The number of carboxylic acid groups (broad SMARTS) is 1. The Morgan fingerprint density at radius 1 is 1.58 bits per heavy atom. The number of amides is 1. The standard InChI is InChI=1S/C13H19N3O3/c1-4-5-6-11(13(18)19)14-12(17)10-7-8-16(15-10)9(2)3/h4,7-9,11H,1,5-6H2,2-3H3,(H,14,17)(H,18,19). The van der Waals surface area contributed by atoms with Gasteiger partial charge in [0.05, 0.1) is 0 Å². The molecule has 0 fully saturated rings. The summed E-state index contributed by atoms with van der Waals surface area (Å²) >= 11 is 0. The molecular formula is C13H19N3O3. The highest BCUT2D eigenvalue weighted by Crippen LogP contribution is 2.05. The molecule has 0 radical (unpaired) electrons. The number of rotatable bonds is 7. The maximum atomic E-state index is 11.9. The van der Waals surface area contributed by atoms with Crippen LogP contribution in [0.5, 0.6) is 0 Å². The summed E-state index contributed by atoms with van der Waals surface area (Å²) in [4.78, 5) is 22.9. The quantitative estimate of drug-likeness (QED) is 0.734. The summed E-state index contributed by atoms with van der Waals surface area (Å²) in [7, 11) is 0. The molecule has 0 aliphatic carbocycles. The molecule has 1 aromatic heterocycles. The van der Waals surface area contributed by atoms with E-state index in [9.17, 15) is 9.59 Å². The summed E-state index contributed by atoms with van der Waals surface area (Å²) in [5, 5.41) is 15.6. The van der Waals surface area contributed by atoms with E-state index in [1.165, 1.54) is 0 Å². The van der Waals surface area contributed by atoms with Crippen LogP contribution in [0.1, 0.15) is 43.2 Å². The molecule has 1 unspecified atom stereocenters. The molecule has 104 valence electrons. The minimum atomic E-state index is -1.06. The number of carboxylic acids is 1. The van der Waals surface area contributed by atoms with Crippen LogP contribution >= 0.6 is 0 Å². The molecule has 0 saturated heterocycles. The van der Waals surface area contributed by atoms with Crippen LogP contribution in [-0.2, 0) is 4.79 Å². The Morgan fingerprint density at radius 3 is 2.74 bits per heavy atom. The monoisotopic (exact) mass is 265 g/mol. The number of carbonyl (C=O) groups is 2. The van der Waals surface area contributed by atoms with Gasteiger partial charge in [-0.15, -0.1) is 6.58 Å². The third-order valence-electron chi connectivity index (χ3n) is 2.63. The van der Waals surface area contributed by atoms with Gasteiger partial charge in [-0.25, -0.2) is 4.79 Å². The molecule has 1 atom stereocenters. The van der Waals surface area contributed by atoms with Crippen LogP contribution in [0.3, 0.4) is 0 Å². The molecule has 0 saturated carbocycles. The van der Waals surface area contributed by atoms with E-state index in [0.29, 0.717) is 12.8 Å². The Kier molecular flexibility index (Phi) is 5.29. The predicted molar refractivity (Wildman–Crippen MR) is 70.9 cm³/mol. The van der Waals surface area contributed by atoms with E-state index in [2.05, 4.69) is 17.0 Å². The molecule has 0 aliphatic heterocycles. The lowest BCUT2D eigenvalue weighted by Gasteiger charge is -2.12. The summed E-state index contributed by atoms with van der Waals surface area (Å²) in [6.45, 7) is 7.42. The Labute approximate surface area is 112 Å². The van der Waals surface area contributed by atoms with Crippen LogP contribution in [0, 0.1) is 0 Å². The summed E-state index contributed by atoms with van der Waals surface area (Å²) in [6.07, 6.45) is 4.15. The second-order valence-corrected chi connectivity index (χ2v) is 4.51. The van der Waals surface area contributed by atoms with Crippen molar-refractivity contribution in [3.8, 4) is 0 Å². The van der Waals surface area contributed by atoms with Gasteiger partial charge in [0.15, 0.2) is 0 Å². The van der Waals surface area contributed by atoms with E-state index in [1.54, 1.807) is 23.0 Å². The summed E-state index contributed by atoms with van der Waals surface area (Å²) in [5.74, 6) is -1.53. The van der Waals surface area contributed by atoms with Crippen molar-refractivity contribution in [2.24, 2.45) is 0 Å². The Hall–Kier alpha value is -2.11. The van der Waals surface area contributed by atoms with Gasteiger partial charge in [-0.2, -0.15) is 5.10 Å². The average Bonchev–Trinajstić information content (AvgIpc) is 2.83. The van der Waals surface area contributed by atoms with Crippen molar-refractivity contribution in [1.29, 1.82) is 0 Å². The van der Waals surface area contributed by atoms with Crippen molar-refractivity contribution in [2.75, 3.05) is 0 Å². The highest BCUT2D eigenvalue weighted by molar-refractivity contribution is 5.94. The van der Waals surface area contributed by atoms with Crippen LogP contribution in [0.4, 0.5) is 0 Å². The zero-order valence-electron chi connectivity index (χ0n) is 11.2. The van der Waals surface area contributed by atoms with Crippen LogP contribution in [-0.4, -0.2) is 32.8 Å². The SMILES string of the molecule is C=CCCC(NC(=O)c1ccn(C(C)C)n1)C(=O)O. The Bertz CT molecular complexity index is 465. The van der Waals surface area contributed by atoms with E-state index in [-0.39, 0.29) is 11.7 Å². The average molecular weight is 265 g/mol. The lowest BCUT2D eigenvalue weighted by molar-refractivity contribution is -0.139. The molecule has 1 rings (SSSR count). The lowest BCUT2D eigenvalue weighted by atomic mass is 10.1. The van der Waals surface area contributed by atoms with E-state index >= 15 is 0 Å². The van der Waals surface area contributed by atoms with Crippen LogP contribution in [0.25, 0.3) is 0 Å². The normalized spacial score (nSPS) is 12.2. The molecule has 6 heteroatoms. The molecular weight excluding hydrogens is 246 g/mol. The van der Waals surface area contributed by atoms with Gasteiger partial charge in [-0.05, 0) is 32.8 Å². The molecule has 2 N–H and O–H groups in total. The Morgan fingerprint density at radius 2 is 2.26 bits per heavy atom. The highest BCUT2D eigenvalue weighted by Gasteiger charge is 2.21. The van der Waals surface area contributed by atoms with Gasteiger partial charge in [0, 0.05) is 12.2 Å². The van der Waals surface area contributed by atoms with Gasteiger partial charge in [-0.3, -0.25) is 9.48 Å². The zero-order chi connectivity index (χ0) is 14.4. The van der Waals surface area contributed by atoms with E-state index in [1.807, 2.05) is 13.8 Å². The number of aliphatic carboxylic acids is 1. The number of hydrogen-bond acceptors (Lipinski definition) is 3. The minimum absolute atomic E-state index is 0.151. The molecule has 6 nitrogen and oxygen atoms in total. The highest BCUT2D eigenvalue weighted by atomic mass is 16.4. The van der Waals surface area contributed by atoms with E-state index in [0.717, 1.165) is 0 Å². The number of nitrogens with one attached hydrogen (secondary N) is 1. The summed E-state index contributed by atoms with van der Waals surface area (Å²) in [5.41, 5.74) is 0.221. The van der Waals surface area contributed by atoms with Crippen molar-refractivity contribution < 1.29 is 14.7 Å². The number of nitrogens with zero attached hydrogens (tertiary/aromatic N) is 2. The van der Waals surface area contributed by atoms with Crippen LogP contribution in [0.15, 0.2) is 24.9 Å². The van der Waals surface area contributed by atoms with Gasteiger partial charge in [-0.1, -0.05) is 6.08 Å². The molecule has 0 bridgehead atoms. The largest absolute Gasteiger partial charge is 0.480 e. The van der Waals surface area contributed by atoms with Crippen LogP contribution < -0.4 is 5.32 Å². The van der Waals surface area contributed by atoms with Gasteiger partial charge in [0.2, 0.25) is 0 Å². The molecule has 1 heterocycles. The van der Waals surface area contributed by atoms with Gasteiger partial charge in [0.1, 0.15) is 11.7 Å². The maximum absolute atomic E-state index is 11.9. The number of hydrogen-bond donors (Lipinski definition) is 2.